The van der Waals surface area contributed by atoms with E-state index in [-0.39, 0.29) is 12.5 Å². The number of benzene rings is 1. The first kappa shape index (κ1) is 13.6. The van der Waals surface area contributed by atoms with Crippen LogP contribution in [0.25, 0.3) is 0 Å². The molecule has 1 aromatic heterocycles. The number of carbonyl (C=O) groups is 1. The lowest BCUT2D eigenvalue weighted by Gasteiger charge is -2.21. The highest BCUT2D eigenvalue weighted by atomic mass is 32.1. The SMILES string of the molecule is NC(=O)CN(Cc1ccsc1)Cc1ccccc1N. The molecule has 0 atom stereocenters. The van der Waals surface area contributed by atoms with Crippen LogP contribution in [-0.4, -0.2) is 17.4 Å². The van der Waals surface area contributed by atoms with Crippen molar-refractivity contribution in [2.24, 2.45) is 5.73 Å². The van der Waals surface area contributed by atoms with Crippen molar-refractivity contribution in [2.75, 3.05) is 12.3 Å². The van der Waals surface area contributed by atoms with Gasteiger partial charge >= 0.3 is 0 Å². The Hall–Kier alpha value is -1.85. The second-order valence-electron chi connectivity index (χ2n) is 4.44. The molecule has 0 aliphatic carbocycles. The molecule has 0 saturated carbocycles. The molecule has 0 fully saturated rings. The van der Waals surface area contributed by atoms with Crippen LogP contribution < -0.4 is 11.5 Å². The zero-order chi connectivity index (χ0) is 13.7. The molecule has 0 bridgehead atoms. The van der Waals surface area contributed by atoms with E-state index < -0.39 is 0 Å². The summed E-state index contributed by atoms with van der Waals surface area (Å²) in [5.41, 5.74) is 14.2. The second-order valence-corrected chi connectivity index (χ2v) is 5.22. The largest absolute Gasteiger partial charge is 0.398 e. The van der Waals surface area contributed by atoms with E-state index in [1.807, 2.05) is 40.6 Å². The fourth-order valence-corrected chi connectivity index (χ4v) is 2.61. The highest BCUT2D eigenvalue weighted by Crippen LogP contribution is 2.16. The molecule has 0 unspecified atom stereocenters. The Morgan fingerprint density at radius 3 is 2.63 bits per heavy atom. The van der Waals surface area contributed by atoms with Crippen LogP contribution in [0.2, 0.25) is 0 Å². The predicted molar refractivity (Wildman–Crippen MR) is 78.5 cm³/mol. The Bertz CT molecular complexity index is 539. The van der Waals surface area contributed by atoms with Crippen molar-refractivity contribution in [1.29, 1.82) is 0 Å². The summed E-state index contributed by atoms with van der Waals surface area (Å²) in [6.45, 7) is 1.54. The Kier molecular flexibility index (Phi) is 4.54. The first-order chi connectivity index (χ1) is 9.15. The highest BCUT2D eigenvalue weighted by Gasteiger charge is 2.11. The summed E-state index contributed by atoms with van der Waals surface area (Å²) in [6, 6.07) is 9.72. The lowest BCUT2D eigenvalue weighted by Crippen LogP contribution is -2.33. The van der Waals surface area contributed by atoms with Gasteiger partial charge in [-0.2, -0.15) is 11.3 Å². The minimum atomic E-state index is -0.329. The van der Waals surface area contributed by atoms with Crippen molar-refractivity contribution in [2.45, 2.75) is 13.1 Å². The number of thiophene rings is 1. The van der Waals surface area contributed by atoms with Gasteiger partial charge in [0.25, 0.3) is 0 Å². The van der Waals surface area contributed by atoms with Gasteiger partial charge in [-0.05, 0) is 34.0 Å². The van der Waals surface area contributed by atoms with Crippen LogP contribution in [0.5, 0.6) is 0 Å². The predicted octanol–water partition coefficient (Wildman–Crippen LogP) is 1.82. The van der Waals surface area contributed by atoms with E-state index in [9.17, 15) is 4.79 Å². The second kappa shape index (κ2) is 6.36. The number of nitrogen functional groups attached to an aromatic ring is 1. The average Bonchev–Trinajstić information content (AvgIpc) is 2.84. The minimum absolute atomic E-state index is 0.226. The first-order valence-corrected chi connectivity index (χ1v) is 6.94. The molecule has 4 nitrogen and oxygen atoms in total. The summed E-state index contributed by atoms with van der Waals surface area (Å²) in [5, 5.41) is 4.09. The van der Waals surface area contributed by atoms with E-state index in [2.05, 4.69) is 5.38 Å². The lowest BCUT2D eigenvalue weighted by molar-refractivity contribution is -0.119. The Morgan fingerprint density at radius 1 is 1.21 bits per heavy atom. The van der Waals surface area contributed by atoms with E-state index in [0.717, 1.165) is 11.3 Å². The number of hydrogen-bond acceptors (Lipinski definition) is 4. The first-order valence-electron chi connectivity index (χ1n) is 6.00. The summed E-state index contributed by atoms with van der Waals surface area (Å²) >= 11 is 1.64. The summed E-state index contributed by atoms with van der Waals surface area (Å²) < 4.78 is 0. The third-order valence-electron chi connectivity index (χ3n) is 2.81. The Morgan fingerprint density at radius 2 is 2.00 bits per heavy atom. The molecule has 5 heteroatoms. The molecule has 100 valence electrons. The van der Waals surface area contributed by atoms with E-state index in [1.165, 1.54) is 5.56 Å². The molecule has 19 heavy (non-hydrogen) atoms. The van der Waals surface area contributed by atoms with Gasteiger partial charge in [0.2, 0.25) is 5.91 Å². The van der Waals surface area contributed by atoms with Gasteiger partial charge in [0.15, 0.2) is 0 Å². The number of hydrogen-bond donors (Lipinski definition) is 2. The molecule has 1 heterocycles. The molecule has 0 aliphatic heterocycles. The number of nitrogens with zero attached hydrogens (tertiary/aromatic N) is 1. The van der Waals surface area contributed by atoms with Crippen molar-refractivity contribution >= 4 is 22.9 Å². The van der Waals surface area contributed by atoms with Crippen LogP contribution in [0.1, 0.15) is 11.1 Å². The fourth-order valence-electron chi connectivity index (χ4n) is 1.95. The van der Waals surface area contributed by atoms with Crippen LogP contribution in [0.4, 0.5) is 5.69 Å². The molecular weight excluding hydrogens is 258 g/mol. The van der Waals surface area contributed by atoms with Gasteiger partial charge in [0.05, 0.1) is 6.54 Å². The molecule has 2 rings (SSSR count). The zero-order valence-electron chi connectivity index (χ0n) is 10.6. The fraction of sp³-hybridized carbons (Fsp3) is 0.214. The number of rotatable bonds is 6. The topological polar surface area (TPSA) is 72.4 Å². The minimum Gasteiger partial charge on any atom is -0.398 e. The summed E-state index contributed by atoms with van der Waals surface area (Å²) in [6.07, 6.45) is 0. The van der Waals surface area contributed by atoms with E-state index in [0.29, 0.717) is 13.1 Å². The molecule has 0 radical (unpaired) electrons. The molecule has 2 aromatic rings. The van der Waals surface area contributed by atoms with Crippen molar-refractivity contribution in [1.82, 2.24) is 4.90 Å². The standard InChI is InChI=1S/C14H17N3OS/c15-13-4-2-1-3-12(13)8-17(9-14(16)18)7-11-5-6-19-10-11/h1-6,10H,7-9,15H2,(H2,16,18). The smallest absolute Gasteiger partial charge is 0.231 e. The molecule has 1 amide bonds. The summed E-state index contributed by atoms with van der Waals surface area (Å²) in [4.78, 5) is 13.2. The van der Waals surface area contributed by atoms with E-state index in [4.69, 9.17) is 11.5 Å². The number of para-hydroxylation sites is 1. The molecular formula is C14H17N3OS. The maximum atomic E-state index is 11.2. The maximum absolute atomic E-state index is 11.2. The number of primary amides is 1. The zero-order valence-corrected chi connectivity index (χ0v) is 11.4. The number of nitrogens with two attached hydrogens (primary N) is 2. The van der Waals surface area contributed by atoms with Crippen LogP contribution in [0.15, 0.2) is 41.1 Å². The van der Waals surface area contributed by atoms with Gasteiger partial charge in [0.1, 0.15) is 0 Å². The van der Waals surface area contributed by atoms with Crippen LogP contribution in [0.3, 0.4) is 0 Å². The monoisotopic (exact) mass is 275 g/mol. The van der Waals surface area contributed by atoms with Gasteiger partial charge < -0.3 is 11.5 Å². The molecule has 0 aliphatic rings. The molecule has 0 saturated heterocycles. The third kappa shape index (κ3) is 4.08. The van der Waals surface area contributed by atoms with E-state index >= 15 is 0 Å². The number of anilines is 1. The summed E-state index contributed by atoms with van der Waals surface area (Å²) in [7, 11) is 0. The molecule has 0 spiro atoms. The maximum Gasteiger partial charge on any atom is 0.231 e. The van der Waals surface area contributed by atoms with Gasteiger partial charge in [0, 0.05) is 18.8 Å². The van der Waals surface area contributed by atoms with Crippen LogP contribution in [0, 0.1) is 0 Å². The normalized spacial score (nSPS) is 10.8. The molecule has 1 aromatic carbocycles. The van der Waals surface area contributed by atoms with Crippen molar-refractivity contribution in [3.8, 4) is 0 Å². The van der Waals surface area contributed by atoms with Gasteiger partial charge in [-0.3, -0.25) is 9.69 Å². The van der Waals surface area contributed by atoms with Gasteiger partial charge in [-0.15, -0.1) is 0 Å². The quantitative estimate of drug-likeness (QED) is 0.790. The summed E-state index contributed by atoms with van der Waals surface area (Å²) in [5.74, 6) is -0.329. The Balaban J connectivity index is 2.09. The van der Waals surface area contributed by atoms with Crippen molar-refractivity contribution < 1.29 is 4.79 Å². The third-order valence-corrected chi connectivity index (χ3v) is 3.55. The average molecular weight is 275 g/mol. The highest BCUT2D eigenvalue weighted by molar-refractivity contribution is 7.07. The Labute approximate surface area is 116 Å². The van der Waals surface area contributed by atoms with Gasteiger partial charge in [-0.25, -0.2) is 0 Å². The van der Waals surface area contributed by atoms with Gasteiger partial charge in [-0.1, -0.05) is 18.2 Å². The van der Waals surface area contributed by atoms with Crippen LogP contribution in [-0.2, 0) is 17.9 Å². The van der Waals surface area contributed by atoms with Crippen molar-refractivity contribution in [3.63, 3.8) is 0 Å². The lowest BCUT2D eigenvalue weighted by atomic mass is 10.1. The van der Waals surface area contributed by atoms with Crippen LogP contribution >= 0.6 is 11.3 Å². The number of carbonyl (C=O) groups excluding carboxylic acids is 1. The van der Waals surface area contributed by atoms with E-state index in [1.54, 1.807) is 11.3 Å². The number of amides is 1. The molecule has 4 N–H and O–H groups in total. The van der Waals surface area contributed by atoms with Crippen molar-refractivity contribution in [3.05, 3.63) is 52.2 Å².